The van der Waals surface area contributed by atoms with Crippen molar-refractivity contribution < 1.29 is 17.6 Å². The van der Waals surface area contributed by atoms with Crippen LogP contribution in [0.2, 0.25) is 0 Å². The van der Waals surface area contributed by atoms with Crippen molar-refractivity contribution in [3.63, 3.8) is 0 Å². The maximum absolute atomic E-state index is 13.1. The van der Waals surface area contributed by atoms with Gasteiger partial charge in [-0.1, -0.05) is 18.2 Å². The lowest BCUT2D eigenvalue weighted by atomic mass is 10.1. The van der Waals surface area contributed by atoms with Gasteiger partial charge in [-0.25, -0.2) is 8.42 Å². The second kappa shape index (κ2) is 8.04. The smallest absolute Gasteiger partial charge is 0.290 e. The predicted molar refractivity (Wildman–Crippen MR) is 104 cm³/mol. The summed E-state index contributed by atoms with van der Waals surface area (Å²) in [6.07, 6.45) is 4.29. The lowest BCUT2D eigenvalue weighted by Gasteiger charge is -2.27. The molecule has 146 valence electrons. The van der Waals surface area contributed by atoms with E-state index in [2.05, 4.69) is 5.32 Å². The Morgan fingerprint density at radius 2 is 1.85 bits per heavy atom. The highest BCUT2D eigenvalue weighted by molar-refractivity contribution is 7.90. The van der Waals surface area contributed by atoms with Crippen molar-refractivity contribution in [1.29, 1.82) is 0 Å². The van der Waals surface area contributed by atoms with Gasteiger partial charge in [-0.2, -0.15) is 0 Å². The fourth-order valence-electron chi connectivity index (χ4n) is 3.98. The van der Waals surface area contributed by atoms with Crippen LogP contribution in [0.5, 0.6) is 0 Å². The third-order valence-corrected chi connectivity index (χ3v) is 6.96. The highest BCUT2D eigenvalue weighted by Crippen LogP contribution is 2.31. The molecule has 3 heterocycles. The summed E-state index contributed by atoms with van der Waals surface area (Å²) >= 11 is 0. The Kier molecular flexibility index (Phi) is 5.93. The highest BCUT2D eigenvalue weighted by Gasteiger charge is 2.40. The average Bonchev–Trinajstić information content (AvgIpc) is 3.17. The molecule has 1 aromatic carbocycles. The standard InChI is InChI=1S/C19H22N2O4S.ClH/c22-19(21-15-6-7-16(21)12-20-10-8-15)18-14(9-11-25-18)13-26(23,24)17-4-2-1-3-5-17;/h1-5,9,11,15-16,20H,6-8,10,12-13H2;1H. The van der Waals surface area contributed by atoms with E-state index < -0.39 is 9.84 Å². The number of halogens is 1. The molecule has 2 atom stereocenters. The zero-order valence-electron chi connectivity index (χ0n) is 14.8. The van der Waals surface area contributed by atoms with Crippen LogP contribution in [0.25, 0.3) is 0 Å². The van der Waals surface area contributed by atoms with Crippen LogP contribution in [0.4, 0.5) is 0 Å². The van der Waals surface area contributed by atoms with Crippen LogP contribution in [0.3, 0.4) is 0 Å². The highest BCUT2D eigenvalue weighted by atomic mass is 35.5. The maximum atomic E-state index is 13.1. The molecule has 2 saturated heterocycles. The van der Waals surface area contributed by atoms with E-state index in [1.807, 2.05) is 4.90 Å². The summed E-state index contributed by atoms with van der Waals surface area (Å²) in [6.45, 7) is 1.68. The summed E-state index contributed by atoms with van der Waals surface area (Å²) in [4.78, 5) is 15.3. The van der Waals surface area contributed by atoms with Gasteiger partial charge in [0.05, 0.1) is 16.9 Å². The van der Waals surface area contributed by atoms with Crippen LogP contribution in [0.15, 0.2) is 52.0 Å². The molecule has 2 unspecified atom stereocenters. The molecule has 1 aromatic heterocycles. The van der Waals surface area contributed by atoms with Crippen molar-refractivity contribution in [3.05, 3.63) is 54.0 Å². The van der Waals surface area contributed by atoms with Gasteiger partial charge in [0.15, 0.2) is 15.6 Å². The molecular formula is C19H23ClN2O4S. The Morgan fingerprint density at radius 3 is 2.63 bits per heavy atom. The fraction of sp³-hybridized carbons (Fsp3) is 0.421. The van der Waals surface area contributed by atoms with Gasteiger partial charge in [-0.3, -0.25) is 4.79 Å². The van der Waals surface area contributed by atoms with Crippen LogP contribution in [0.1, 0.15) is 35.4 Å². The summed E-state index contributed by atoms with van der Waals surface area (Å²) in [5.41, 5.74) is 0.426. The van der Waals surface area contributed by atoms with Crippen LogP contribution < -0.4 is 5.32 Å². The molecule has 1 N–H and O–H groups in total. The zero-order valence-corrected chi connectivity index (χ0v) is 16.5. The second-order valence-corrected chi connectivity index (χ2v) is 8.93. The summed E-state index contributed by atoms with van der Waals surface area (Å²) in [5, 5.41) is 3.36. The number of nitrogens with one attached hydrogen (secondary N) is 1. The largest absolute Gasteiger partial charge is 0.459 e. The first-order valence-electron chi connectivity index (χ1n) is 8.94. The van der Waals surface area contributed by atoms with Gasteiger partial charge in [-0.05, 0) is 44.0 Å². The topological polar surface area (TPSA) is 79.6 Å². The molecule has 2 aliphatic heterocycles. The lowest BCUT2D eigenvalue weighted by molar-refractivity contribution is 0.0646. The summed E-state index contributed by atoms with van der Waals surface area (Å²) in [5.74, 6) is -0.275. The number of sulfone groups is 1. The van der Waals surface area contributed by atoms with Gasteiger partial charge in [0, 0.05) is 24.2 Å². The molecule has 4 rings (SSSR count). The first-order chi connectivity index (χ1) is 12.6. The van der Waals surface area contributed by atoms with Crippen molar-refractivity contribution in [2.75, 3.05) is 13.1 Å². The van der Waals surface area contributed by atoms with Crippen LogP contribution in [-0.2, 0) is 15.6 Å². The van der Waals surface area contributed by atoms with Crippen LogP contribution in [-0.4, -0.2) is 44.4 Å². The van der Waals surface area contributed by atoms with E-state index >= 15 is 0 Å². The molecular weight excluding hydrogens is 388 g/mol. The van der Waals surface area contributed by atoms with E-state index in [1.54, 1.807) is 36.4 Å². The van der Waals surface area contributed by atoms with E-state index in [0.29, 0.717) is 5.56 Å². The third-order valence-electron chi connectivity index (χ3n) is 5.28. The van der Waals surface area contributed by atoms with Crippen LogP contribution in [0, 0.1) is 0 Å². The summed E-state index contributed by atoms with van der Waals surface area (Å²) in [7, 11) is -3.53. The monoisotopic (exact) mass is 410 g/mol. The number of amides is 1. The van der Waals surface area contributed by atoms with E-state index in [1.165, 1.54) is 6.26 Å². The summed E-state index contributed by atoms with van der Waals surface area (Å²) < 4.78 is 30.8. The molecule has 2 fully saturated rings. The molecule has 6 nitrogen and oxygen atoms in total. The molecule has 27 heavy (non-hydrogen) atoms. The Bertz CT molecular complexity index is 883. The van der Waals surface area contributed by atoms with Crippen molar-refractivity contribution in [2.24, 2.45) is 0 Å². The van der Waals surface area contributed by atoms with Crippen molar-refractivity contribution >= 4 is 28.2 Å². The normalized spacial score (nSPS) is 22.1. The number of rotatable bonds is 4. The van der Waals surface area contributed by atoms with Gasteiger partial charge in [0.25, 0.3) is 5.91 Å². The fourth-order valence-corrected chi connectivity index (χ4v) is 5.36. The quantitative estimate of drug-likeness (QED) is 0.838. The zero-order chi connectivity index (χ0) is 18.1. The van der Waals surface area contributed by atoms with Gasteiger partial charge in [0.2, 0.25) is 0 Å². The Hall–Kier alpha value is -1.83. The molecule has 0 spiro atoms. The second-order valence-electron chi connectivity index (χ2n) is 6.94. The minimum Gasteiger partial charge on any atom is -0.459 e. The predicted octanol–water partition coefficient (Wildman–Crippen LogP) is 2.64. The number of carbonyl (C=O) groups is 1. The maximum Gasteiger partial charge on any atom is 0.290 e. The molecule has 0 saturated carbocycles. The first kappa shape index (κ1) is 19.9. The molecule has 8 heteroatoms. The number of fused-ring (bicyclic) bond motifs is 2. The van der Waals surface area contributed by atoms with Gasteiger partial charge >= 0.3 is 0 Å². The number of furan rings is 1. The van der Waals surface area contributed by atoms with Crippen LogP contribution >= 0.6 is 12.4 Å². The molecule has 2 aromatic rings. The third kappa shape index (κ3) is 3.90. The van der Waals surface area contributed by atoms with Gasteiger partial charge in [0.1, 0.15) is 0 Å². The number of carbonyl (C=O) groups excluding carboxylic acids is 1. The number of hydrogen-bond acceptors (Lipinski definition) is 5. The lowest BCUT2D eigenvalue weighted by Crippen LogP contribution is -2.42. The first-order valence-corrected chi connectivity index (χ1v) is 10.6. The summed E-state index contributed by atoms with van der Waals surface area (Å²) in [6, 6.07) is 10.2. The minimum absolute atomic E-state index is 0. The molecule has 0 aliphatic carbocycles. The average molecular weight is 411 g/mol. The van der Waals surface area contributed by atoms with E-state index in [0.717, 1.165) is 32.4 Å². The van der Waals surface area contributed by atoms with E-state index in [4.69, 9.17) is 4.42 Å². The Labute approximate surface area is 165 Å². The number of hydrogen-bond donors (Lipinski definition) is 1. The minimum atomic E-state index is -3.53. The van der Waals surface area contributed by atoms with E-state index in [9.17, 15) is 13.2 Å². The molecule has 2 aliphatic rings. The van der Waals surface area contributed by atoms with Crippen molar-refractivity contribution in [1.82, 2.24) is 10.2 Å². The molecule has 2 bridgehead atoms. The Morgan fingerprint density at radius 1 is 1.11 bits per heavy atom. The van der Waals surface area contributed by atoms with Gasteiger partial charge in [-0.15, -0.1) is 12.4 Å². The number of benzene rings is 1. The Balaban J connectivity index is 0.00000210. The molecule has 1 amide bonds. The number of nitrogens with zero attached hydrogens (tertiary/aromatic N) is 1. The van der Waals surface area contributed by atoms with Gasteiger partial charge < -0.3 is 14.6 Å². The van der Waals surface area contributed by atoms with Crippen molar-refractivity contribution in [2.45, 2.75) is 42.0 Å². The van der Waals surface area contributed by atoms with Crippen molar-refractivity contribution in [3.8, 4) is 0 Å². The SMILES string of the molecule is Cl.O=C(c1occc1CS(=O)(=O)c1ccccc1)N1C2CCNCC1CC2. The van der Waals surface area contributed by atoms with E-state index in [-0.39, 0.29) is 46.8 Å². The molecule has 0 radical (unpaired) electrons.